The minimum Gasteiger partial charge on any atom is -0.500 e. The van der Waals surface area contributed by atoms with Gasteiger partial charge in [-0.1, -0.05) is 30.3 Å². The van der Waals surface area contributed by atoms with Crippen molar-refractivity contribution in [1.29, 1.82) is 5.41 Å². The molecule has 0 radical (unpaired) electrons. The zero-order chi connectivity index (χ0) is 24.0. The molecule has 3 rings (SSSR count). The molecule has 0 spiro atoms. The van der Waals surface area contributed by atoms with E-state index in [1.54, 1.807) is 24.3 Å². The van der Waals surface area contributed by atoms with Crippen molar-refractivity contribution in [3.05, 3.63) is 93.5 Å². The fourth-order valence-corrected chi connectivity index (χ4v) is 3.18. The number of anilines is 1. The lowest BCUT2D eigenvalue weighted by Gasteiger charge is -2.21. The van der Waals surface area contributed by atoms with Crippen molar-refractivity contribution >= 4 is 35.5 Å². The molecule has 0 aliphatic rings. The highest BCUT2D eigenvalue weighted by Crippen LogP contribution is 2.39. The molecule has 3 aromatic rings. The van der Waals surface area contributed by atoms with Crippen LogP contribution in [0.5, 0.6) is 11.5 Å². The second-order valence-electron chi connectivity index (χ2n) is 7.12. The number of nitrogens with two attached hydrogens (primary N) is 1. The summed E-state index contributed by atoms with van der Waals surface area (Å²) in [4.78, 5) is 23.9. The molecule has 1 atom stereocenters. The van der Waals surface area contributed by atoms with Crippen molar-refractivity contribution in [3.8, 4) is 11.5 Å². The number of nitrogen functional groups attached to an aromatic ring is 1. The Morgan fingerprint density at radius 2 is 1.82 bits per heavy atom. The second kappa shape index (κ2) is 11.5. The minimum atomic E-state index is -1.05. The third kappa shape index (κ3) is 6.14. The van der Waals surface area contributed by atoms with Crippen molar-refractivity contribution < 1.29 is 19.6 Å². The standard InChI is InChI=1S/C23H23N5O5.ClH/c1-33-19-12-16(11-18(21(19)29)28(31)32)20(23(30)26-13-14-5-3-2-4-6-14)27-17-9-7-15(8-10-17)22(24)25;/h2-12,20,27,29H,13H2,1H3,(H3,24,25)(H,26,30);1H. The topological polar surface area (TPSA) is 164 Å². The summed E-state index contributed by atoms with van der Waals surface area (Å²) in [6.07, 6.45) is 0. The van der Waals surface area contributed by atoms with Gasteiger partial charge in [0.2, 0.25) is 11.7 Å². The molecule has 11 heteroatoms. The fourth-order valence-electron chi connectivity index (χ4n) is 3.18. The Bertz CT molecular complexity index is 1170. The number of rotatable bonds is 9. The Hall–Kier alpha value is -4.31. The van der Waals surface area contributed by atoms with Gasteiger partial charge in [-0.15, -0.1) is 12.4 Å². The van der Waals surface area contributed by atoms with Crippen molar-refractivity contribution in [1.82, 2.24) is 5.32 Å². The third-order valence-corrected chi connectivity index (χ3v) is 4.91. The predicted molar refractivity (Wildman–Crippen MR) is 131 cm³/mol. The normalized spacial score (nSPS) is 11.0. The monoisotopic (exact) mass is 485 g/mol. The summed E-state index contributed by atoms with van der Waals surface area (Å²) in [5.74, 6) is -1.30. The molecule has 34 heavy (non-hydrogen) atoms. The summed E-state index contributed by atoms with van der Waals surface area (Å²) in [5.41, 5.74) is 7.03. The van der Waals surface area contributed by atoms with Crippen LogP contribution >= 0.6 is 12.4 Å². The van der Waals surface area contributed by atoms with Gasteiger partial charge >= 0.3 is 5.69 Å². The molecule has 0 saturated heterocycles. The first kappa shape index (κ1) is 25.9. The molecule has 0 fully saturated rings. The number of amides is 1. The number of phenols is 1. The molecule has 0 aliphatic carbocycles. The van der Waals surface area contributed by atoms with Crippen molar-refractivity contribution in [2.75, 3.05) is 12.4 Å². The molecule has 178 valence electrons. The van der Waals surface area contributed by atoms with Crippen LogP contribution in [0, 0.1) is 15.5 Å². The first-order chi connectivity index (χ1) is 15.8. The highest BCUT2D eigenvalue weighted by atomic mass is 35.5. The maximum absolute atomic E-state index is 13.2. The number of benzene rings is 3. The zero-order valence-electron chi connectivity index (χ0n) is 18.1. The largest absolute Gasteiger partial charge is 0.500 e. The van der Waals surface area contributed by atoms with Gasteiger partial charge in [-0.2, -0.15) is 0 Å². The fraction of sp³-hybridized carbons (Fsp3) is 0.130. The van der Waals surface area contributed by atoms with Crippen LogP contribution in [-0.4, -0.2) is 28.9 Å². The van der Waals surface area contributed by atoms with E-state index in [0.29, 0.717) is 11.3 Å². The first-order valence-electron chi connectivity index (χ1n) is 9.88. The van der Waals surface area contributed by atoms with Gasteiger partial charge in [0, 0.05) is 23.9 Å². The van der Waals surface area contributed by atoms with Gasteiger partial charge in [0.05, 0.1) is 12.0 Å². The number of nitrogens with one attached hydrogen (secondary N) is 3. The predicted octanol–water partition coefficient (Wildman–Crippen LogP) is 3.48. The highest BCUT2D eigenvalue weighted by Gasteiger charge is 2.27. The number of ether oxygens (including phenoxy) is 1. The van der Waals surface area contributed by atoms with E-state index < -0.39 is 28.3 Å². The average Bonchev–Trinajstić information content (AvgIpc) is 2.82. The molecule has 0 heterocycles. The van der Waals surface area contributed by atoms with E-state index in [1.165, 1.54) is 13.2 Å². The molecule has 0 saturated carbocycles. The van der Waals surface area contributed by atoms with Gasteiger partial charge in [0.15, 0.2) is 5.75 Å². The number of amidine groups is 1. The van der Waals surface area contributed by atoms with E-state index in [-0.39, 0.29) is 36.1 Å². The van der Waals surface area contributed by atoms with Crippen LogP contribution in [0.15, 0.2) is 66.7 Å². The van der Waals surface area contributed by atoms with Gasteiger partial charge < -0.3 is 26.2 Å². The quantitative estimate of drug-likeness (QED) is 0.134. The number of nitro groups is 1. The number of nitro benzene ring substituents is 1. The Morgan fingerprint density at radius 3 is 2.38 bits per heavy atom. The number of aromatic hydroxyl groups is 1. The summed E-state index contributed by atoms with van der Waals surface area (Å²) in [7, 11) is 1.26. The van der Waals surface area contributed by atoms with Crippen LogP contribution in [-0.2, 0) is 11.3 Å². The molecule has 0 aliphatic heterocycles. The summed E-state index contributed by atoms with van der Waals surface area (Å²) in [5, 5.41) is 34.9. The van der Waals surface area contributed by atoms with Crippen molar-refractivity contribution in [2.45, 2.75) is 12.6 Å². The number of hydrogen-bond donors (Lipinski definition) is 5. The SMILES string of the molecule is COc1cc(C(Nc2ccc(C(=N)N)cc2)C(=O)NCc2ccccc2)cc([N+](=O)[O-])c1O.Cl. The molecule has 1 amide bonds. The molecule has 3 aromatic carbocycles. The Kier molecular flexibility index (Phi) is 8.79. The smallest absolute Gasteiger partial charge is 0.315 e. The molecule has 0 aromatic heterocycles. The highest BCUT2D eigenvalue weighted by molar-refractivity contribution is 5.95. The van der Waals surface area contributed by atoms with Crippen LogP contribution in [0.1, 0.15) is 22.7 Å². The third-order valence-electron chi connectivity index (χ3n) is 4.91. The lowest BCUT2D eigenvalue weighted by atomic mass is 10.0. The summed E-state index contributed by atoms with van der Waals surface area (Å²) in [6.45, 7) is 0.248. The summed E-state index contributed by atoms with van der Waals surface area (Å²) >= 11 is 0. The van der Waals surface area contributed by atoms with Crippen molar-refractivity contribution in [2.24, 2.45) is 5.73 Å². The van der Waals surface area contributed by atoms with Crippen LogP contribution in [0.4, 0.5) is 11.4 Å². The van der Waals surface area contributed by atoms with Crippen LogP contribution in [0.3, 0.4) is 0 Å². The van der Waals surface area contributed by atoms with E-state index in [1.807, 2.05) is 30.3 Å². The average molecular weight is 486 g/mol. The number of nitrogens with zero attached hydrogens (tertiary/aromatic N) is 1. The van der Waals surface area contributed by atoms with Gasteiger partial charge in [0.1, 0.15) is 11.9 Å². The minimum absolute atomic E-state index is 0. The van der Waals surface area contributed by atoms with Gasteiger partial charge in [-0.05, 0) is 41.5 Å². The number of carbonyl (C=O) groups excluding carboxylic acids is 1. The van der Waals surface area contributed by atoms with Crippen molar-refractivity contribution in [3.63, 3.8) is 0 Å². The van der Waals surface area contributed by atoms with E-state index in [9.17, 15) is 20.0 Å². The number of carbonyl (C=O) groups is 1. The Morgan fingerprint density at radius 1 is 1.18 bits per heavy atom. The zero-order valence-corrected chi connectivity index (χ0v) is 19.0. The van der Waals surface area contributed by atoms with E-state index >= 15 is 0 Å². The number of phenolic OH excluding ortho intramolecular Hbond substituents is 1. The lowest BCUT2D eigenvalue weighted by molar-refractivity contribution is -0.386. The second-order valence-corrected chi connectivity index (χ2v) is 7.12. The van der Waals surface area contributed by atoms with Gasteiger partial charge in [0.25, 0.3) is 0 Å². The summed E-state index contributed by atoms with van der Waals surface area (Å²) in [6, 6.07) is 17.2. The van der Waals surface area contributed by atoms with E-state index in [2.05, 4.69) is 10.6 Å². The molecule has 0 bridgehead atoms. The van der Waals surface area contributed by atoms with Crippen LogP contribution in [0.25, 0.3) is 0 Å². The van der Waals surface area contributed by atoms with Crippen LogP contribution in [0.2, 0.25) is 0 Å². The number of halogens is 1. The number of hydrogen-bond acceptors (Lipinski definition) is 7. The lowest BCUT2D eigenvalue weighted by Crippen LogP contribution is -2.33. The maximum atomic E-state index is 13.2. The number of methoxy groups -OCH3 is 1. The summed E-state index contributed by atoms with van der Waals surface area (Å²) < 4.78 is 5.08. The van der Waals surface area contributed by atoms with E-state index in [4.69, 9.17) is 15.9 Å². The Labute approximate surface area is 201 Å². The molecule has 10 nitrogen and oxygen atoms in total. The van der Waals surface area contributed by atoms with Gasteiger partial charge in [-0.25, -0.2) is 0 Å². The van der Waals surface area contributed by atoms with Gasteiger partial charge in [-0.3, -0.25) is 20.3 Å². The van der Waals surface area contributed by atoms with Crippen LogP contribution < -0.4 is 21.1 Å². The first-order valence-corrected chi connectivity index (χ1v) is 9.88. The molecule has 6 N–H and O–H groups in total. The maximum Gasteiger partial charge on any atom is 0.315 e. The molecular weight excluding hydrogens is 462 g/mol. The molecular formula is C23H24ClN5O5. The Balaban J connectivity index is 0.00000408. The molecule has 1 unspecified atom stereocenters. The van der Waals surface area contributed by atoms with E-state index in [0.717, 1.165) is 11.6 Å².